The van der Waals surface area contributed by atoms with Crippen molar-refractivity contribution in [2.45, 2.75) is 19.4 Å². The number of carbonyl (C=O) groups is 2. The number of aryl methyl sites for hydroxylation is 1. The number of nitrogens with zero attached hydrogens (tertiary/aromatic N) is 1. The first-order valence-electron chi connectivity index (χ1n) is 6.77. The molecule has 5 heteroatoms. The van der Waals surface area contributed by atoms with E-state index in [-0.39, 0.29) is 0 Å². The molecule has 1 aliphatic rings. The van der Waals surface area contributed by atoms with Crippen molar-refractivity contribution in [1.29, 1.82) is 0 Å². The minimum Gasteiger partial charge on any atom is -0.463 e. The van der Waals surface area contributed by atoms with Crippen molar-refractivity contribution in [3.63, 3.8) is 0 Å². The molecule has 2 heterocycles. The lowest BCUT2D eigenvalue weighted by atomic mass is 10.1. The van der Waals surface area contributed by atoms with Gasteiger partial charge < -0.3 is 14.0 Å². The molecule has 1 atom stereocenters. The Morgan fingerprint density at radius 2 is 2.10 bits per heavy atom. The molecular formula is C16H15NO4. The number of cyclic esters (lactones) is 1. The fraction of sp³-hybridized carbons (Fsp3) is 0.250. The quantitative estimate of drug-likeness (QED) is 0.812. The summed E-state index contributed by atoms with van der Waals surface area (Å²) in [6, 6.07) is 9.15. The van der Waals surface area contributed by atoms with Gasteiger partial charge >= 0.3 is 11.9 Å². The van der Waals surface area contributed by atoms with Crippen molar-refractivity contribution >= 4 is 11.9 Å². The first-order valence-corrected chi connectivity index (χ1v) is 6.77. The van der Waals surface area contributed by atoms with Crippen LogP contribution in [0.25, 0.3) is 5.69 Å². The van der Waals surface area contributed by atoms with Crippen LogP contribution in [-0.4, -0.2) is 29.2 Å². The van der Waals surface area contributed by atoms with Crippen LogP contribution in [0.3, 0.4) is 0 Å². The molecule has 0 amide bonds. The van der Waals surface area contributed by atoms with Crippen molar-refractivity contribution in [2.75, 3.05) is 6.61 Å². The first kappa shape index (κ1) is 13.4. The Morgan fingerprint density at radius 1 is 1.33 bits per heavy atom. The van der Waals surface area contributed by atoms with Crippen LogP contribution >= 0.6 is 0 Å². The van der Waals surface area contributed by atoms with Crippen LogP contribution < -0.4 is 0 Å². The molecule has 0 aliphatic carbocycles. The van der Waals surface area contributed by atoms with Crippen LogP contribution in [0.4, 0.5) is 0 Å². The van der Waals surface area contributed by atoms with E-state index in [2.05, 4.69) is 0 Å². The second-order valence-corrected chi connectivity index (χ2v) is 4.94. The number of esters is 2. The second kappa shape index (κ2) is 5.44. The highest BCUT2D eigenvalue weighted by Gasteiger charge is 2.30. The van der Waals surface area contributed by atoms with Gasteiger partial charge in [-0.15, -0.1) is 0 Å². The zero-order valence-corrected chi connectivity index (χ0v) is 11.6. The van der Waals surface area contributed by atoms with Crippen LogP contribution in [0.1, 0.15) is 22.3 Å². The number of ether oxygens (including phenoxy) is 2. The van der Waals surface area contributed by atoms with Gasteiger partial charge in [0.1, 0.15) is 0 Å². The molecule has 0 N–H and O–H groups in total. The van der Waals surface area contributed by atoms with Gasteiger partial charge in [0, 0.05) is 24.5 Å². The third-order valence-corrected chi connectivity index (χ3v) is 3.46. The normalized spacial score (nSPS) is 17.6. The standard InChI is InChI=1S/C16H15NO4/c1-11-4-5-12(10-13(11)17-7-2-3-8-17)15(18)21-14-6-9-20-16(14)19/h2-5,7-8,10,14H,6,9H2,1H3. The summed E-state index contributed by atoms with van der Waals surface area (Å²) < 4.78 is 11.9. The summed E-state index contributed by atoms with van der Waals surface area (Å²) in [5, 5.41) is 0. The van der Waals surface area contributed by atoms with E-state index in [1.807, 2.05) is 42.1 Å². The predicted molar refractivity (Wildman–Crippen MR) is 75.3 cm³/mol. The summed E-state index contributed by atoms with van der Waals surface area (Å²) in [5.74, 6) is -0.978. The van der Waals surface area contributed by atoms with Crippen LogP contribution in [0.5, 0.6) is 0 Å². The molecule has 0 saturated carbocycles. The van der Waals surface area contributed by atoms with Gasteiger partial charge in [0.25, 0.3) is 0 Å². The lowest BCUT2D eigenvalue weighted by Crippen LogP contribution is -2.22. The summed E-state index contributed by atoms with van der Waals surface area (Å²) in [4.78, 5) is 23.5. The van der Waals surface area contributed by atoms with Crippen LogP contribution in [0.2, 0.25) is 0 Å². The number of aromatic nitrogens is 1. The van der Waals surface area contributed by atoms with E-state index < -0.39 is 18.0 Å². The maximum Gasteiger partial charge on any atom is 0.347 e. The van der Waals surface area contributed by atoms with Crippen molar-refractivity contribution in [2.24, 2.45) is 0 Å². The number of benzene rings is 1. The summed E-state index contributed by atoms with van der Waals surface area (Å²) >= 11 is 0. The predicted octanol–water partition coefficient (Wildman–Crippen LogP) is 2.26. The van der Waals surface area contributed by atoms with Crippen molar-refractivity contribution < 1.29 is 19.1 Å². The Hall–Kier alpha value is -2.56. The van der Waals surface area contributed by atoms with E-state index in [0.717, 1.165) is 11.3 Å². The lowest BCUT2D eigenvalue weighted by Gasteiger charge is -2.11. The molecule has 0 spiro atoms. The Labute approximate surface area is 122 Å². The van der Waals surface area contributed by atoms with Gasteiger partial charge in [-0.05, 0) is 36.8 Å². The molecular weight excluding hydrogens is 270 g/mol. The van der Waals surface area contributed by atoms with E-state index in [0.29, 0.717) is 18.6 Å². The Balaban J connectivity index is 1.84. The molecule has 21 heavy (non-hydrogen) atoms. The Bertz CT molecular complexity index is 676. The molecule has 0 radical (unpaired) electrons. The first-order chi connectivity index (χ1) is 10.1. The fourth-order valence-electron chi connectivity index (χ4n) is 2.29. The monoisotopic (exact) mass is 285 g/mol. The summed E-state index contributed by atoms with van der Waals surface area (Å²) in [6.07, 6.45) is 3.45. The molecule has 1 unspecified atom stereocenters. The molecule has 1 aliphatic heterocycles. The summed E-state index contributed by atoms with van der Waals surface area (Å²) in [5.41, 5.74) is 2.37. The van der Waals surface area contributed by atoms with E-state index >= 15 is 0 Å². The van der Waals surface area contributed by atoms with Gasteiger partial charge in [-0.1, -0.05) is 6.07 Å². The smallest absolute Gasteiger partial charge is 0.347 e. The summed E-state index contributed by atoms with van der Waals surface area (Å²) in [7, 11) is 0. The highest BCUT2D eigenvalue weighted by Crippen LogP contribution is 2.19. The third kappa shape index (κ3) is 2.67. The molecule has 1 aromatic carbocycles. The van der Waals surface area contributed by atoms with Crippen molar-refractivity contribution in [3.8, 4) is 5.69 Å². The number of hydrogen-bond donors (Lipinski definition) is 0. The van der Waals surface area contributed by atoms with E-state index in [1.165, 1.54) is 0 Å². The third-order valence-electron chi connectivity index (χ3n) is 3.46. The van der Waals surface area contributed by atoms with Crippen LogP contribution in [0, 0.1) is 6.92 Å². The van der Waals surface area contributed by atoms with E-state index in [4.69, 9.17) is 9.47 Å². The Kier molecular flexibility index (Phi) is 3.48. The largest absolute Gasteiger partial charge is 0.463 e. The molecule has 108 valence electrons. The topological polar surface area (TPSA) is 57.5 Å². The van der Waals surface area contributed by atoms with Gasteiger partial charge in [0.15, 0.2) is 0 Å². The van der Waals surface area contributed by atoms with Crippen molar-refractivity contribution in [1.82, 2.24) is 4.57 Å². The molecule has 5 nitrogen and oxygen atoms in total. The average Bonchev–Trinajstić information content (AvgIpc) is 3.12. The van der Waals surface area contributed by atoms with Gasteiger partial charge in [-0.2, -0.15) is 0 Å². The lowest BCUT2D eigenvalue weighted by molar-refractivity contribution is -0.145. The molecule has 1 aromatic heterocycles. The minimum atomic E-state index is -0.783. The van der Waals surface area contributed by atoms with Gasteiger partial charge in [0.05, 0.1) is 12.2 Å². The van der Waals surface area contributed by atoms with Crippen LogP contribution in [0.15, 0.2) is 42.7 Å². The Morgan fingerprint density at radius 3 is 2.76 bits per heavy atom. The molecule has 1 saturated heterocycles. The maximum atomic E-state index is 12.1. The van der Waals surface area contributed by atoms with Gasteiger partial charge in [-0.25, -0.2) is 9.59 Å². The number of carbonyl (C=O) groups excluding carboxylic acids is 2. The van der Waals surface area contributed by atoms with Crippen molar-refractivity contribution in [3.05, 3.63) is 53.9 Å². The number of rotatable bonds is 3. The highest BCUT2D eigenvalue weighted by molar-refractivity contribution is 5.92. The van der Waals surface area contributed by atoms with E-state index in [9.17, 15) is 9.59 Å². The minimum absolute atomic E-state index is 0.305. The van der Waals surface area contributed by atoms with Gasteiger partial charge in [0.2, 0.25) is 6.10 Å². The zero-order chi connectivity index (χ0) is 14.8. The van der Waals surface area contributed by atoms with Gasteiger partial charge in [-0.3, -0.25) is 0 Å². The molecule has 1 fully saturated rings. The maximum absolute atomic E-state index is 12.1. The fourth-order valence-corrected chi connectivity index (χ4v) is 2.29. The van der Waals surface area contributed by atoms with E-state index in [1.54, 1.807) is 12.1 Å². The van der Waals surface area contributed by atoms with Crippen LogP contribution in [-0.2, 0) is 14.3 Å². The second-order valence-electron chi connectivity index (χ2n) is 4.94. The highest BCUT2D eigenvalue weighted by atomic mass is 16.6. The summed E-state index contributed by atoms with van der Waals surface area (Å²) in [6.45, 7) is 2.28. The number of hydrogen-bond acceptors (Lipinski definition) is 4. The molecule has 0 bridgehead atoms. The average molecular weight is 285 g/mol. The SMILES string of the molecule is Cc1ccc(C(=O)OC2CCOC2=O)cc1-n1cccc1. The molecule has 3 rings (SSSR count). The molecule has 2 aromatic rings. The zero-order valence-electron chi connectivity index (χ0n) is 11.6.